The fourth-order valence-electron chi connectivity index (χ4n) is 7.30. The molecule has 3 heteroatoms. The standard InChI is InChI=1S/C42H25NOS/c1-2-11-27(12-3-1)43(35-17-10-19-37-41(35)32-15-6-8-18-36(32)44-37)28-22-24-29-26(25-28)21-23-34-39(29)30-13-4-5-14-31(30)40-33-16-7-9-20-38(33)45-42(34)40/h1-25H. The Morgan fingerprint density at radius 3 is 1.98 bits per heavy atom. The van der Waals surface area contributed by atoms with Crippen LogP contribution in [0.2, 0.25) is 0 Å². The molecule has 0 amide bonds. The van der Waals surface area contributed by atoms with E-state index < -0.39 is 0 Å². The van der Waals surface area contributed by atoms with Crippen molar-refractivity contribution in [3.05, 3.63) is 152 Å². The van der Waals surface area contributed by atoms with Gasteiger partial charge in [0.15, 0.2) is 0 Å². The number of furan rings is 1. The van der Waals surface area contributed by atoms with Crippen LogP contribution >= 0.6 is 11.3 Å². The lowest BCUT2D eigenvalue weighted by molar-refractivity contribution is 0.669. The monoisotopic (exact) mass is 591 g/mol. The zero-order valence-electron chi connectivity index (χ0n) is 24.2. The normalized spacial score (nSPS) is 12.0. The van der Waals surface area contributed by atoms with Crippen molar-refractivity contribution in [3.63, 3.8) is 0 Å². The average molecular weight is 592 g/mol. The molecular formula is C42H25NOS. The molecule has 0 N–H and O–H groups in total. The van der Waals surface area contributed by atoms with Gasteiger partial charge >= 0.3 is 0 Å². The number of hydrogen-bond donors (Lipinski definition) is 0. The van der Waals surface area contributed by atoms with Crippen LogP contribution < -0.4 is 4.90 Å². The third-order valence-electron chi connectivity index (χ3n) is 9.20. The molecule has 0 unspecified atom stereocenters. The molecule has 0 bridgehead atoms. The Bertz CT molecular complexity index is 2770. The van der Waals surface area contributed by atoms with Crippen molar-refractivity contribution in [2.24, 2.45) is 0 Å². The maximum absolute atomic E-state index is 6.31. The molecular weight excluding hydrogens is 567 g/mol. The van der Waals surface area contributed by atoms with Gasteiger partial charge in [-0.2, -0.15) is 0 Å². The van der Waals surface area contributed by atoms with Gasteiger partial charge in [0, 0.05) is 42.3 Å². The summed E-state index contributed by atoms with van der Waals surface area (Å²) in [5, 5.41) is 12.7. The molecule has 0 fully saturated rings. The van der Waals surface area contributed by atoms with Gasteiger partial charge in [0.25, 0.3) is 0 Å². The van der Waals surface area contributed by atoms with E-state index in [0.29, 0.717) is 0 Å². The van der Waals surface area contributed by atoms with Crippen molar-refractivity contribution in [2.45, 2.75) is 0 Å². The molecule has 0 aliphatic carbocycles. The van der Waals surface area contributed by atoms with Crippen LogP contribution in [0.25, 0.3) is 74.4 Å². The van der Waals surface area contributed by atoms with Crippen LogP contribution in [0.5, 0.6) is 0 Å². The summed E-state index contributed by atoms with van der Waals surface area (Å²) in [6.07, 6.45) is 0. The predicted molar refractivity (Wildman–Crippen MR) is 194 cm³/mol. The Balaban J connectivity index is 1.27. The molecule has 2 aromatic heterocycles. The van der Waals surface area contributed by atoms with E-state index in [1.807, 2.05) is 23.5 Å². The third kappa shape index (κ3) is 3.56. The lowest BCUT2D eigenvalue weighted by atomic mass is 9.93. The summed E-state index contributed by atoms with van der Waals surface area (Å²) < 4.78 is 9.00. The highest BCUT2D eigenvalue weighted by atomic mass is 32.1. The van der Waals surface area contributed by atoms with Crippen LogP contribution in [0, 0.1) is 0 Å². The predicted octanol–water partition coefficient (Wildman–Crippen LogP) is 12.9. The van der Waals surface area contributed by atoms with Gasteiger partial charge < -0.3 is 9.32 Å². The average Bonchev–Trinajstić information content (AvgIpc) is 3.68. The van der Waals surface area contributed by atoms with Crippen LogP contribution in [-0.4, -0.2) is 0 Å². The van der Waals surface area contributed by atoms with E-state index in [1.54, 1.807) is 0 Å². The molecule has 2 nitrogen and oxygen atoms in total. The zero-order chi connectivity index (χ0) is 29.5. The highest BCUT2D eigenvalue weighted by Crippen LogP contribution is 2.47. The molecule has 8 aromatic carbocycles. The molecule has 0 saturated carbocycles. The van der Waals surface area contributed by atoms with Crippen molar-refractivity contribution in [1.29, 1.82) is 0 Å². The Morgan fingerprint density at radius 1 is 0.422 bits per heavy atom. The van der Waals surface area contributed by atoms with E-state index in [2.05, 4.69) is 144 Å². The number of thiophene rings is 1. The first-order valence-corrected chi connectivity index (χ1v) is 16.1. The minimum atomic E-state index is 0.889. The van der Waals surface area contributed by atoms with Crippen LogP contribution in [0.4, 0.5) is 17.1 Å². The molecule has 45 heavy (non-hydrogen) atoms. The second-order valence-corrected chi connectivity index (χ2v) is 12.7. The van der Waals surface area contributed by atoms with Crippen molar-refractivity contribution in [3.8, 4) is 0 Å². The molecule has 10 aromatic rings. The highest BCUT2D eigenvalue weighted by molar-refractivity contribution is 7.27. The van der Waals surface area contributed by atoms with Crippen molar-refractivity contribution >= 4 is 103 Å². The van der Waals surface area contributed by atoms with Gasteiger partial charge in [-0.3, -0.25) is 0 Å². The van der Waals surface area contributed by atoms with Gasteiger partial charge in [0.05, 0.1) is 11.1 Å². The molecule has 10 rings (SSSR count). The summed E-state index contributed by atoms with van der Waals surface area (Å²) in [6, 6.07) is 54.6. The Hall–Kier alpha value is -5.64. The third-order valence-corrected chi connectivity index (χ3v) is 10.4. The number of anilines is 3. The summed E-state index contributed by atoms with van der Waals surface area (Å²) in [4.78, 5) is 2.36. The lowest BCUT2D eigenvalue weighted by Gasteiger charge is -2.26. The topological polar surface area (TPSA) is 16.4 Å². The Kier molecular flexibility index (Phi) is 5.19. The number of nitrogens with zero attached hydrogens (tertiary/aromatic N) is 1. The summed E-state index contributed by atoms with van der Waals surface area (Å²) in [5.74, 6) is 0. The molecule has 0 aliphatic rings. The number of benzene rings is 8. The molecule has 0 radical (unpaired) electrons. The van der Waals surface area contributed by atoms with Gasteiger partial charge in [0.1, 0.15) is 11.2 Å². The highest BCUT2D eigenvalue weighted by Gasteiger charge is 2.20. The fraction of sp³-hybridized carbons (Fsp3) is 0. The zero-order valence-corrected chi connectivity index (χ0v) is 25.0. The van der Waals surface area contributed by atoms with Gasteiger partial charge in [-0.05, 0) is 75.5 Å². The Morgan fingerprint density at radius 2 is 1.11 bits per heavy atom. The molecule has 0 aliphatic heterocycles. The lowest BCUT2D eigenvalue weighted by Crippen LogP contribution is -2.10. The summed E-state index contributed by atoms with van der Waals surface area (Å²) >= 11 is 1.90. The first-order valence-electron chi connectivity index (χ1n) is 15.3. The van der Waals surface area contributed by atoms with Gasteiger partial charge in [-0.25, -0.2) is 0 Å². The fourth-order valence-corrected chi connectivity index (χ4v) is 8.55. The largest absolute Gasteiger partial charge is 0.456 e. The van der Waals surface area contributed by atoms with Crippen molar-refractivity contribution in [2.75, 3.05) is 4.90 Å². The summed E-state index contributed by atoms with van der Waals surface area (Å²) in [5.41, 5.74) is 5.10. The van der Waals surface area contributed by atoms with E-state index >= 15 is 0 Å². The minimum Gasteiger partial charge on any atom is -0.456 e. The van der Waals surface area contributed by atoms with E-state index in [0.717, 1.165) is 39.0 Å². The second kappa shape index (κ2) is 9.43. The van der Waals surface area contributed by atoms with E-state index in [4.69, 9.17) is 4.42 Å². The van der Waals surface area contributed by atoms with Crippen molar-refractivity contribution < 1.29 is 4.42 Å². The number of hydrogen-bond acceptors (Lipinski definition) is 3. The second-order valence-electron chi connectivity index (χ2n) is 11.7. The van der Waals surface area contributed by atoms with Gasteiger partial charge in [-0.15, -0.1) is 11.3 Å². The molecule has 0 atom stereocenters. The van der Waals surface area contributed by atoms with Gasteiger partial charge in [-0.1, -0.05) is 103 Å². The van der Waals surface area contributed by atoms with Crippen LogP contribution in [0.15, 0.2) is 156 Å². The Labute approximate surface area is 263 Å². The van der Waals surface area contributed by atoms with Crippen LogP contribution in [0.3, 0.4) is 0 Å². The summed E-state index contributed by atoms with van der Waals surface area (Å²) in [6.45, 7) is 0. The minimum absolute atomic E-state index is 0.889. The SMILES string of the molecule is c1ccc(N(c2ccc3c(ccc4c5sc6ccccc6c5c5ccccc5c34)c2)c2cccc3oc4ccccc4c23)cc1. The molecule has 0 spiro atoms. The number of rotatable bonds is 3. The molecule has 2 heterocycles. The smallest absolute Gasteiger partial charge is 0.137 e. The first kappa shape index (κ1) is 24.8. The van der Waals surface area contributed by atoms with Crippen LogP contribution in [-0.2, 0) is 0 Å². The van der Waals surface area contributed by atoms with Crippen molar-refractivity contribution in [1.82, 2.24) is 0 Å². The van der Waals surface area contributed by atoms with E-state index in [-0.39, 0.29) is 0 Å². The van der Waals surface area contributed by atoms with Crippen LogP contribution in [0.1, 0.15) is 0 Å². The van der Waals surface area contributed by atoms with E-state index in [9.17, 15) is 0 Å². The molecule has 0 saturated heterocycles. The quantitative estimate of drug-likeness (QED) is 0.190. The maximum Gasteiger partial charge on any atom is 0.137 e. The number of fused-ring (bicyclic) bond motifs is 13. The first-order chi connectivity index (χ1) is 22.3. The molecule has 210 valence electrons. The summed E-state index contributed by atoms with van der Waals surface area (Å²) in [7, 11) is 0. The maximum atomic E-state index is 6.31. The number of para-hydroxylation sites is 2. The van der Waals surface area contributed by atoms with E-state index in [1.165, 1.54) is 52.5 Å². The van der Waals surface area contributed by atoms with Gasteiger partial charge in [0.2, 0.25) is 0 Å².